The molecule has 15 heavy (non-hydrogen) atoms. The standard InChI is InChI=1S/C11H9N3O/c1-7(6-12)10-11(15)14-9-5-3-2-4-8(9)13-10/h2-5,7H,1H3,(H,14,15). The van der Waals surface area contributed by atoms with E-state index in [4.69, 9.17) is 5.26 Å². The van der Waals surface area contributed by atoms with Gasteiger partial charge in [-0.25, -0.2) is 4.98 Å². The van der Waals surface area contributed by atoms with E-state index < -0.39 is 5.92 Å². The van der Waals surface area contributed by atoms with Gasteiger partial charge in [0.15, 0.2) is 0 Å². The summed E-state index contributed by atoms with van der Waals surface area (Å²) in [5.74, 6) is -0.488. The largest absolute Gasteiger partial charge is 0.319 e. The molecule has 0 fully saturated rings. The summed E-state index contributed by atoms with van der Waals surface area (Å²) in [6, 6.07) is 9.26. The van der Waals surface area contributed by atoms with Crippen molar-refractivity contribution in [3.05, 3.63) is 40.3 Å². The summed E-state index contributed by atoms with van der Waals surface area (Å²) in [6.07, 6.45) is 0. The van der Waals surface area contributed by atoms with Crippen LogP contribution in [-0.2, 0) is 0 Å². The second kappa shape index (κ2) is 3.54. The fraction of sp³-hybridized carbons (Fsp3) is 0.182. The zero-order valence-corrected chi connectivity index (χ0v) is 8.19. The first-order chi connectivity index (χ1) is 7.22. The second-order valence-corrected chi connectivity index (χ2v) is 3.32. The summed E-state index contributed by atoms with van der Waals surface area (Å²) >= 11 is 0. The Morgan fingerprint density at radius 2 is 2.20 bits per heavy atom. The van der Waals surface area contributed by atoms with Crippen LogP contribution < -0.4 is 5.56 Å². The average Bonchev–Trinajstić information content (AvgIpc) is 2.27. The molecular formula is C11H9N3O. The quantitative estimate of drug-likeness (QED) is 0.757. The zero-order chi connectivity index (χ0) is 10.8. The van der Waals surface area contributed by atoms with Gasteiger partial charge in [0.25, 0.3) is 5.56 Å². The van der Waals surface area contributed by atoms with Gasteiger partial charge in [0.2, 0.25) is 0 Å². The van der Waals surface area contributed by atoms with Crippen LogP contribution in [0.4, 0.5) is 0 Å². The van der Waals surface area contributed by atoms with Crippen LogP contribution in [0.25, 0.3) is 11.0 Å². The van der Waals surface area contributed by atoms with E-state index in [0.29, 0.717) is 11.0 Å². The second-order valence-electron chi connectivity index (χ2n) is 3.32. The molecule has 0 radical (unpaired) electrons. The number of nitriles is 1. The maximum Gasteiger partial charge on any atom is 0.271 e. The molecule has 1 aromatic heterocycles. The first kappa shape index (κ1) is 9.41. The van der Waals surface area contributed by atoms with E-state index in [1.807, 2.05) is 18.2 Å². The Hall–Kier alpha value is -2.15. The number of hydrogen-bond donors (Lipinski definition) is 1. The van der Waals surface area contributed by atoms with Gasteiger partial charge in [-0.1, -0.05) is 12.1 Å². The minimum atomic E-state index is -0.488. The summed E-state index contributed by atoms with van der Waals surface area (Å²) in [6.45, 7) is 1.66. The van der Waals surface area contributed by atoms with Gasteiger partial charge in [0, 0.05) is 0 Å². The lowest BCUT2D eigenvalue weighted by Gasteiger charge is -2.02. The molecule has 1 heterocycles. The Morgan fingerprint density at radius 3 is 2.93 bits per heavy atom. The molecule has 0 spiro atoms. The highest BCUT2D eigenvalue weighted by molar-refractivity contribution is 5.73. The lowest BCUT2D eigenvalue weighted by molar-refractivity contribution is 0.897. The number of rotatable bonds is 1. The van der Waals surface area contributed by atoms with Gasteiger partial charge in [-0.05, 0) is 19.1 Å². The number of para-hydroxylation sites is 2. The fourth-order valence-electron chi connectivity index (χ4n) is 1.40. The van der Waals surface area contributed by atoms with Crippen molar-refractivity contribution in [1.29, 1.82) is 5.26 Å². The fourth-order valence-corrected chi connectivity index (χ4v) is 1.40. The van der Waals surface area contributed by atoms with Crippen molar-refractivity contribution in [1.82, 2.24) is 9.97 Å². The number of hydrogen-bond acceptors (Lipinski definition) is 3. The molecule has 0 amide bonds. The minimum absolute atomic E-state index is 0.274. The molecule has 0 aliphatic heterocycles. The van der Waals surface area contributed by atoms with Gasteiger partial charge >= 0.3 is 0 Å². The topological polar surface area (TPSA) is 69.5 Å². The van der Waals surface area contributed by atoms with Crippen molar-refractivity contribution < 1.29 is 0 Å². The molecule has 1 atom stereocenters. The number of nitrogens with zero attached hydrogens (tertiary/aromatic N) is 2. The molecule has 1 N–H and O–H groups in total. The minimum Gasteiger partial charge on any atom is -0.319 e. The molecule has 2 rings (SSSR count). The molecule has 0 aliphatic carbocycles. The first-order valence-electron chi connectivity index (χ1n) is 4.61. The molecule has 2 aromatic rings. The van der Waals surface area contributed by atoms with Crippen LogP contribution in [0.5, 0.6) is 0 Å². The molecule has 1 aromatic carbocycles. The smallest absolute Gasteiger partial charge is 0.271 e. The Bertz CT molecular complexity index is 595. The van der Waals surface area contributed by atoms with Crippen LogP contribution in [0.2, 0.25) is 0 Å². The lowest BCUT2D eigenvalue weighted by atomic mass is 10.1. The Morgan fingerprint density at radius 1 is 1.47 bits per heavy atom. The van der Waals surface area contributed by atoms with Crippen molar-refractivity contribution >= 4 is 11.0 Å². The van der Waals surface area contributed by atoms with Gasteiger partial charge in [-0.3, -0.25) is 4.79 Å². The van der Waals surface area contributed by atoms with Gasteiger partial charge in [0.05, 0.1) is 23.0 Å². The van der Waals surface area contributed by atoms with Crippen LogP contribution in [0, 0.1) is 11.3 Å². The van der Waals surface area contributed by atoms with Crippen molar-refractivity contribution in [2.75, 3.05) is 0 Å². The van der Waals surface area contributed by atoms with Crippen molar-refractivity contribution in [2.45, 2.75) is 12.8 Å². The van der Waals surface area contributed by atoms with E-state index in [0.717, 1.165) is 0 Å². The van der Waals surface area contributed by atoms with Crippen LogP contribution in [-0.4, -0.2) is 9.97 Å². The highest BCUT2D eigenvalue weighted by Crippen LogP contribution is 2.11. The first-order valence-corrected chi connectivity index (χ1v) is 4.61. The van der Waals surface area contributed by atoms with Crippen molar-refractivity contribution in [3.8, 4) is 6.07 Å². The molecular weight excluding hydrogens is 190 g/mol. The third-order valence-corrected chi connectivity index (χ3v) is 2.23. The molecule has 1 unspecified atom stereocenters. The Balaban J connectivity index is 2.74. The number of nitrogens with one attached hydrogen (secondary N) is 1. The molecule has 4 heteroatoms. The van der Waals surface area contributed by atoms with E-state index in [9.17, 15) is 4.79 Å². The van der Waals surface area contributed by atoms with Crippen LogP contribution >= 0.6 is 0 Å². The lowest BCUT2D eigenvalue weighted by Crippen LogP contribution is -2.16. The maximum atomic E-state index is 11.6. The summed E-state index contributed by atoms with van der Waals surface area (Å²) in [4.78, 5) is 18.4. The van der Waals surface area contributed by atoms with Crippen molar-refractivity contribution in [3.63, 3.8) is 0 Å². The molecule has 74 valence electrons. The van der Waals surface area contributed by atoms with Crippen molar-refractivity contribution in [2.24, 2.45) is 0 Å². The Kier molecular flexibility index (Phi) is 2.22. The van der Waals surface area contributed by atoms with Crippen LogP contribution in [0.1, 0.15) is 18.5 Å². The molecule has 0 saturated heterocycles. The van der Waals surface area contributed by atoms with Gasteiger partial charge in [0.1, 0.15) is 5.69 Å². The predicted octanol–water partition coefficient (Wildman–Crippen LogP) is 1.55. The summed E-state index contributed by atoms with van der Waals surface area (Å²) in [7, 11) is 0. The highest BCUT2D eigenvalue weighted by Gasteiger charge is 2.11. The van der Waals surface area contributed by atoms with Gasteiger partial charge < -0.3 is 4.98 Å². The predicted molar refractivity (Wildman–Crippen MR) is 56.4 cm³/mol. The normalized spacial score (nSPS) is 12.3. The summed E-state index contributed by atoms with van der Waals surface area (Å²) < 4.78 is 0. The number of aromatic nitrogens is 2. The SMILES string of the molecule is CC(C#N)c1nc2ccccc2[nH]c1=O. The third-order valence-electron chi connectivity index (χ3n) is 2.23. The van der Waals surface area contributed by atoms with E-state index in [-0.39, 0.29) is 11.3 Å². The van der Waals surface area contributed by atoms with E-state index in [2.05, 4.69) is 9.97 Å². The van der Waals surface area contributed by atoms with E-state index in [1.165, 1.54) is 0 Å². The number of benzene rings is 1. The monoisotopic (exact) mass is 199 g/mol. The highest BCUT2D eigenvalue weighted by atomic mass is 16.1. The average molecular weight is 199 g/mol. The van der Waals surface area contributed by atoms with E-state index >= 15 is 0 Å². The van der Waals surface area contributed by atoms with Gasteiger partial charge in [-0.2, -0.15) is 5.26 Å². The van der Waals surface area contributed by atoms with Crippen LogP contribution in [0.3, 0.4) is 0 Å². The number of H-pyrrole nitrogens is 1. The zero-order valence-electron chi connectivity index (χ0n) is 8.19. The van der Waals surface area contributed by atoms with E-state index in [1.54, 1.807) is 19.1 Å². The Labute approximate surface area is 86.2 Å². The molecule has 0 saturated carbocycles. The number of aromatic amines is 1. The summed E-state index contributed by atoms with van der Waals surface area (Å²) in [5, 5.41) is 8.74. The molecule has 0 bridgehead atoms. The summed E-state index contributed by atoms with van der Waals surface area (Å²) in [5.41, 5.74) is 1.38. The van der Waals surface area contributed by atoms with Gasteiger partial charge in [-0.15, -0.1) is 0 Å². The third kappa shape index (κ3) is 1.59. The van der Waals surface area contributed by atoms with Crippen LogP contribution in [0.15, 0.2) is 29.1 Å². The molecule has 4 nitrogen and oxygen atoms in total. The maximum absolute atomic E-state index is 11.6. The molecule has 0 aliphatic rings. The number of fused-ring (bicyclic) bond motifs is 1.